The lowest BCUT2D eigenvalue weighted by Crippen LogP contribution is -2.03. The van der Waals surface area contributed by atoms with Crippen molar-refractivity contribution in [3.63, 3.8) is 0 Å². The molecule has 1 saturated heterocycles. The zero-order valence-electron chi connectivity index (χ0n) is 6.88. The van der Waals surface area contributed by atoms with E-state index < -0.39 is 0 Å². The van der Waals surface area contributed by atoms with Gasteiger partial charge in [-0.3, -0.25) is 0 Å². The maximum absolute atomic E-state index is 8.28. The second kappa shape index (κ2) is 5.15. The predicted octanol–water partition coefficient (Wildman–Crippen LogP) is 2.25. The smallest absolute Gasteiger partial charge is 0.0621 e. The predicted molar refractivity (Wildman–Crippen MR) is 43.1 cm³/mol. The van der Waals surface area contributed by atoms with Crippen molar-refractivity contribution in [1.29, 1.82) is 5.26 Å². The molecule has 0 amide bonds. The van der Waals surface area contributed by atoms with Crippen molar-refractivity contribution in [2.75, 3.05) is 6.61 Å². The third-order valence-corrected chi connectivity index (χ3v) is 2.09. The van der Waals surface area contributed by atoms with Crippen molar-refractivity contribution in [1.82, 2.24) is 0 Å². The van der Waals surface area contributed by atoms with Crippen LogP contribution in [0.25, 0.3) is 0 Å². The van der Waals surface area contributed by atoms with Gasteiger partial charge in [0.2, 0.25) is 0 Å². The quantitative estimate of drug-likeness (QED) is 0.580. The van der Waals surface area contributed by atoms with Gasteiger partial charge < -0.3 is 4.74 Å². The Hall–Kier alpha value is -0.550. The van der Waals surface area contributed by atoms with Gasteiger partial charge in [-0.25, -0.2) is 0 Å². The lowest BCUT2D eigenvalue weighted by Gasteiger charge is -2.06. The molecule has 1 aliphatic heterocycles. The molecular formula is C9H15NO. The minimum absolute atomic E-state index is 0.508. The molecule has 0 aromatic heterocycles. The van der Waals surface area contributed by atoms with Crippen molar-refractivity contribution in [3.05, 3.63) is 0 Å². The van der Waals surface area contributed by atoms with Crippen LogP contribution in [-0.2, 0) is 4.74 Å². The molecule has 1 fully saturated rings. The summed E-state index contributed by atoms with van der Waals surface area (Å²) in [5.41, 5.74) is 0. The topological polar surface area (TPSA) is 33.0 Å². The normalized spacial score (nSPS) is 23.4. The lowest BCUT2D eigenvalue weighted by molar-refractivity contribution is 0.102. The minimum Gasteiger partial charge on any atom is -0.378 e. The number of ether oxygens (including phenoxy) is 1. The van der Waals surface area contributed by atoms with Gasteiger partial charge in [-0.05, 0) is 32.1 Å². The zero-order valence-corrected chi connectivity index (χ0v) is 6.88. The van der Waals surface area contributed by atoms with Gasteiger partial charge in [0.05, 0.1) is 12.2 Å². The summed E-state index contributed by atoms with van der Waals surface area (Å²) in [6.07, 6.45) is 7.01. The van der Waals surface area contributed by atoms with Crippen LogP contribution in [0.2, 0.25) is 0 Å². The number of hydrogen-bond donors (Lipinski definition) is 0. The average molecular weight is 153 g/mol. The van der Waals surface area contributed by atoms with Crippen LogP contribution < -0.4 is 0 Å². The Kier molecular flexibility index (Phi) is 4.00. The highest BCUT2D eigenvalue weighted by Gasteiger charge is 2.13. The molecule has 1 unspecified atom stereocenters. The largest absolute Gasteiger partial charge is 0.378 e. The van der Waals surface area contributed by atoms with Crippen LogP contribution in [-0.4, -0.2) is 12.7 Å². The fraction of sp³-hybridized carbons (Fsp3) is 0.889. The van der Waals surface area contributed by atoms with Crippen LogP contribution >= 0.6 is 0 Å². The summed E-state index contributed by atoms with van der Waals surface area (Å²) in [6, 6.07) is 2.15. The first-order valence-electron chi connectivity index (χ1n) is 4.42. The number of unbranched alkanes of at least 4 members (excludes halogenated alkanes) is 2. The molecule has 1 atom stereocenters. The van der Waals surface area contributed by atoms with E-state index >= 15 is 0 Å². The Morgan fingerprint density at radius 2 is 2.36 bits per heavy atom. The molecule has 0 spiro atoms. The third-order valence-electron chi connectivity index (χ3n) is 2.09. The van der Waals surface area contributed by atoms with Crippen molar-refractivity contribution in [2.24, 2.45) is 0 Å². The average Bonchev–Trinajstić information content (AvgIpc) is 2.50. The number of nitrogens with zero attached hydrogens (tertiary/aromatic N) is 1. The Morgan fingerprint density at radius 1 is 1.45 bits per heavy atom. The molecule has 1 heterocycles. The van der Waals surface area contributed by atoms with E-state index in [-0.39, 0.29) is 0 Å². The van der Waals surface area contributed by atoms with E-state index in [4.69, 9.17) is 10.00 Å². The number of rotatable bonds is 4. The lowest BCUT2D eigenvalue weighted by atomic mass is 10.1. The SMILES string of the molecule is N#CCCCCC1CCCO1. The summed E-state index contributed by atoms with van der Waals surface area (Å²) in [4.78, 5) is 0. The number of nitriles is 1. The monoisotopic (exact) mass is 153 g/mol. The molecule has 0 bridgehead atoms. The van der Waals surface area contributed by atoms with Gasteiger partial charge in [-0.1, -0.05) is 0 Å². The van der Waals surface area contributed by atoms with E-state index in [0.29, 0.717) is 12.5 Å². The highest BCUT2D eigenvalue weighted by molar-refractivity contribution is 4.70. The van der Waals surface area contributed by atoms with Crippen LogP contribution in [0.1, 0.15) is 38.5 Å². The fourth-order valence-corrected chi connectivity index (χ4v) is 1.45. The van der Waals surface area contributed by atoms with Crippen LogP contribution in [0, 0.1) is 11.3 Å². The summed E-state index contributed by atoms with van der Waals surface area (Å²) < 4.78 is 5.45. The first-order chi connectivity index (χ1) is 5.43. The Bertz CT molecular complexity index is 133. The molecule has 1 aliphatic rings. The summed E-state index contributed by atoms with van der Waals surface area (Å²) >= 11 is 0. The summed E-state index contributed by atoms with van der Waals surface area (Å²) in [5.74, 6) is 0. The molecular weight excluding hydrogens is 138 g/mol. The van der Waals surface area contributed by atoms with Crippen molar-refractivity contribution in [2.45, 2.75) is 44.6 Å². The molecule has 62 valence electrons. The van der Waals surface area contributed by atoms with Gasteiger partial charge in [0, 0.05) is 13.0 Å². The summed E-state index contributed by atoms with van der Waals surface area (Å²) in [7, 11) is 0. The van der Waals surface area contributed by atoms with Gasteiger partial charge in [0.1, 0.15) is 0 Å². The molecule has 2 heteroatoms. The highest BCUT2D eigenvalue weighted by Crippen LogP contribution is 2.17. The molecule has 0 radical (unpaired) electrons. The Labute approximate surface area is 68.2 Å². The molecule has 0 aromatic rings. The molecule has 0 saturated carbocycles. The highest BCUT2D eigenvalue weighted by atomic mass is 16.5. The van der Waals surface area contributed by atoms with E-state index in [1.165, 1.54) is 12.8 Å². The van der Waals surface area contributed by atoms with Crippen LogP contribution in [0.5, 0.6) is 0 Å². The van der Waals surface area contributed by atoms with Crippen LogP contribution in [0.4, 0.5) is 0 Å². The third kappa shape index (κ3) is 3.38. The van der Waals surface area contributed by atoms with E-state index in [1.54, 1.807) is 0 Å². The maximum Gasteiger partial charge on any atom is 0.0621 e. The summed E-state index contributed by atoms with van der Waals surface area (Å²) in [5, 5.41) is 8.28. The van der Waals surface area contributed by atoms with Crippen LogP contribution in [0.15, 0.2) is 0 Å². The fourth-order valence-electron chi connectivity index (χ4n) is 1.45. The minimum atomic E-state index is 0.508. The molecule has 1 rings (SSSR count). The first-order valence-corrected chi connectivity index (χ1v) is 4.42. The summed E-state index contributed by atoms with van der Waals surface area (Å²) in [6.45, 7) is 0.947. The van der Waals surface area contributed by atoms with E-state index in [2.05, 4.69) is 6.07 Å². The standard InChI is InChI=1S/C9H15NO/c10-7-3-1-2-5-9-6-4-8-11-9/h9H,1-6,8H2. The van der Waals surface area contributed by atoms with Crippen molar-refractivity contribution < 1.29 is 4.74 Å². The van der Waals surface area contributed by atoms with Gasteiger partial charge in [0.15, 0.2) is 0 Å². The van der Waals surface area contributed by atoms with Crippen LogP contribution in [0.3, 0.4) is 0 Å². The molecule has 11 heavy (non-hydrogen) atoms. The second-order valence-electron chi connectivity index (χ2n) is 3.04. The number of hydrogen-bond acceptors (Lipinski definition) is 2. The zero-order chi connectivity index (χ0) is 7.94. The van der Waals surface area contributed by atoms with Crippen molar-refractivity contribution in [3.8, 4) is 6.07 Å². The van der Waals surface area contributed by atoms with Gasteiger partial charge >= 0.3 is 0 Å². The van der Waals surface area contributed by atoms with E-state index in [1.807, 2.05) is 0 Å². The van der Waals surface area contributed by atoms with Gasteiger partial charge in [-0.15, -0.1) is 0 Å². The molecule has 2 nitrogen and oxygen atoms in total. The Balaban J connectivity index is 1.90. The molecule has 0 aliphatic carbocycles. The Morgan fingerprint density at radius 3 is 3.00 bits per heavy atom. The molecule has 0 N–H and O–H groups in total. The van der Waals surface area contributed by atoms with E-state index in [9.17, 15) is 0 Å². The van der Waals surface area contributed by atoms with Crippen molar-refractivity contribution >= 4 is 0 Å². The maximum atomic E-state index is 8.28. The second-order valence-corrected chi connectivity index (χ2v) is 3.04. The molecule has 0 aromatic carbocycles. The van der Waals surface area contributed by atoms with Gasteiger partial charge in [0.25, 0.3) is 0 Å². The first kappa shape index (κ1) is 8.55. The van der Waals surface area contributed by atoms with E-state index in [0.717, 1.165) is 25.9 Å². The van der Waals surface area contributed by atoms with Gasteiger partial charge in [-0.2, -0.15) is 5.26 Å².